The highest BCUT2D eigenvalue weighted by atomic mass is 32.2. The largest absolute Gasteiger partial charge is 0.392 e. The first-order valence-electron chi connectivity index (χ1n) is 4.63. The molecule has 1 aromatic heterocycles. The Kier molecular flexibility index (Phi) is 3.48. The van der Waals surface area contributed by atoms with Crippen LogP contribution in [0.15, 0.2) is 46.7 Å². The number of hydrogen-bond donors (Lipinski definition) is 1. The minimum Gasteiger partial charge on any atom is -0.392 e. The van der Waals surface area contributed by atoms with Gasteiger partial charge in [-0.05, 0) is 12.1 Å². The van der Waals surface area contributed by atoms with E-state index in [1.54, 1.807) is 30.7 Å². The van der Waals surface area contributed by atoms with Gasteiger partial charge in [-0.25, -0.2) is 9.37 Å². The van der Waals surface area contributed by atoms with E-state index in [2.05, 4.69) is 9.97 Å². The molecule has 3 nitrogen and oxygen atoms in total. The Morgan fingerprint density at radius 1 is 1.31 bits per heavy atom. The van der Waals surface area contributed by atoms with E-state index in [-0.39, 0.29) is 12.2 Å². The molecule has 0 saturated carbocycles. The van der Waals surface area contributed by atoms with E-state index in [9.17, 15) is 4.39 Å². The highest BCUT2D eigenvalue weighted by Gasteiger charge is 2.08. The second-order valence-corrected chi connectivity index (χ2v) is 4.08. The lowest BCUT2D eigenvalue weighted by molar-refractivity contribution is 0.272. The van der Waals surface area contributed by atoms with Gasteiger partial charge in [0.15, 0.2) is 0 Å². The van der Waals surface area contributed by atoms with Crippen LogP contribution in [0.1, 0.15) is 5.56 Å². The van der Waals surface area contributed by atoms with Crippen molar-refractivity contribution in [3.05, 3.63) is 48.2 Å². The van der Waals surface area contributed by atoms with Crippen LogP contribution < -0.4 is 0 Å². The summed E-state index contributed by atoms with van der Waals surface area (Å²) in [6, 6.07) is 4.67. The number of hydrogen-bond acceptors (Lipinski definition) is 4. The minimum atomic E-state index is -0.406. The van der Waals surface area contributed by atoms with Crippen LogP contribution in [0.5, 0.6) is 0 Å². The van der Waals surface area contributed by atoms with E-state index < -0.39 is 5.82 Å². The molecular weight excluding hydrogens is 227 g/mol. The molecule has 0 atom stereocenters. The van der Waals surface area contributed by atoms with Crippen molar-refractivity contribution < 1.29 is 9.50 Å². The lowest BCUT2D eigenvalue weighted by Crippen LogP contribution is -1.93. The Hall–Kier alpha value is -1.46. The fraction of sp³-hybridized carbons (Fsp3) is 0.0909. The molecule has 0 aliphatic heterocycles. The Morgan fingerprint density at radius 2 is 2.19 bits per heavy atom. The van der Waals surface area contributed by atoms with E-state index in [0.29, 0.717) is 9.92 Å². The molecule has 1 N–H and O–H groups in total. The fourth-order valence-corrected chi connectivity index (χ4v) is 2.12. The van der Waals surface area contributed by atoms with Gasteiger partial charge < -0.3 is 5.11 Å². The highest BCUT2D eigenvalue weighted by molar-refractivity contribution is 7.99. The molecule has 0 fully saturated rings. The third kappa shape index (κ3) is 2.37. The zero-order valence-corrected chi connectivity index (χ0v) is 9.12. The van der Waals surface area contributed by atoms with Crippen molar-refractivity contribution in [3.63, 3.8) is 0 Å². The van der Waals surface area contributed by atoms with Gasteiger partial charge in [-0.3, -0.25) is 4.98 Å². The molecule has 0 saturated heterocycles. The first kappa shape index (κ1) is 11.0. The number of nitrogens with zero attached hydrogens (tertiary/aromatic N) is 2. The predicted octanol–water partition coefficient (Wildman–Crippen LogP) is 2.26. The maximum atomic E-state index is 13.3. The van der Waals surface area contributed by atoms with Crippen molar-refractivity contribution in [2.45, 2.75) is 16.5 Å². The smallest absolute Gasteiger partial charge is 0.129 e. The third-order valence-electron chi connectivity index (χ3n) is 1.99. The number of aliphatic hydroxyl groups is 1. The molecule has 0 spiro atoms. The van der Waals surface area contributed by atoms with Crippen molar-refractivity contribution in [1.82, 2.24) is 9.97 Å². The molecule has 5 heteroatoms. The van der Waals surface area contributed by atoms with E-state index in [0.717, 1.165) is 0 Å². The molecule has 2 rings (SSSR count). The van der Waals surface area contributed by atoms with Gasteiger partial charge in [-0.1, -0.05) is 17.8 Å². The molecular formula is C11H9FN2OS. The van der Waals surface area contributed by atoms with E-state index in [4.69, 9.17) is 5.11 Å². The van der Waals surface area contributed by atoms with Crippen molar-refractivity contribution in [2.24, 2.45) is 0 Å². The van der Waals surface area contributed by atoms with Gasteiger partial charge in [0.25, 0.3) is 0 Å². The molecule has 1 aromatic carbocycles. The molecule has 0 amide bonds. The van der Waals surface area contributed by atoms with Gasteiger partial charge in [-0.15, -0.1) is 0 Å². The molecule has 16 heavy (non-hydrogen) atoms. The normalized spacial score (nSPS) is 10.4. The quantitative estimate of drug-likeness (QED) is 0.888. The monoisotopic (exact) mass is 236 g/mol. The summed E-state index contributed by atoms with van der Waals surface area (Å²) in [7, 11) is 0. The zero-order chi connectivity index (χ0) is 11.4. The van der Waals surface area contributed by atoms with E-state index in [1.165, 1.54) is 17.8 Å². The van der Waals surface area contributed by atoms with Gasteiger partial charge in [0, 0.05) is 22.9 Å². The molecule has 82 valence electrons. The van der Waals surface area contributed by atoms with Crippen molar-refractivity contribution in [1.29, 1.82) is 0 Å². The lowest BCUT2D eigenvalue weighted by Gasteiger charge is -2.06. The summed E-state index contributed by atoms with van der Waals surface area (Å²) in [6.45, 7) is -0.324. The highest BCUT2D eigenvalue weighted by Crippen LogP contribution is 2.29. The van der Waals surface area contributed by atoms with Crippen molar-refractivity contribution >= 4 is 11.8 Å². The Labute approximate surface area is 96.4 Å². The molecule has 0 aliphatic rings. The van der Waals surface area contributed by atoms with E-state index in [1.807, 2.05) is 0 Å². The predicted molar refractivity (Wildman–Crippen MR) is 58.5 cm³/mol. The molecule has 0 radical (unpaired) electrons. The number of aromatic nitrogens is 2. The lowest BCUT2D eigenvalue weighted by atomic mass is 10.2. The van der Waals surface area contributed by atoms with Crippen LogP contribution in [0, 0.1) is 5.82 Å². The number of rotatable bonds is 3. The van der Waals surface area contributed by atoms with Gasteiger partial charge in [0.2, 0.25) is 0 Å². The van der Waals surface area contributed by atoms with Gasteiger partial charge >= 0.3 is 0 Å². The van der Waals surface area contributed by atoms with Crippen molar-refractivity contribution in [3.8, 4) is 0 Å². The van der Waals surface area contributed by atoms with Gasteiger partial charge in [0.05, 0.1) is 12.8 Å². The molecule has 2 aromatic rings. The van der Waals surface area contributed by atoms with Crippen LogP contribution in [0.3, 0.4) is 0 Å². The Bertz CT molecular complexity index is 479. The summed E-state index contributed by atoms with van der Waals surface area (Å²) >= 11 is 1.28. The second kappa shape index (κ2) is 5.05. The maximum Gasteiger partial charge on any atom is 0.129 e. The number of benzene rings is 1. The molecule has 0 unspecified atom stereocenters. The average Bonchev–Trinajstić information content (AvgIpc) is 2.31. The molecule has 0 aliphatic carbocycles. The van der Waals surface area contributed by atoms with Crippen LogP contribution in [0.25, 0.3) is 0 Å². The third-order valence-corrected chi connectivity index (χ3v) is 3.01. The van der Waals surface area contributed by atoms with Gasteiger partial charge in [-0.2, -0.15) is 0 Å². The Morgan fingerprint density at radius 3 is 2.88 bits per heavy atom. The maximum absolute atomic E-state index is 13.3. The second-order valence-electron chi connectivity index (χ2n) is 3.02. The first-order valence-corrected chi connectivity index (χ1v) is 5.45. The van der Waals surface area contributed by atoms with Gasteiger partial charge in [0.1, 0.15) is 10.8 Å². The summed E-state index contributed by atoms with van der Waals surface area (Å²) in [5.74, 6) is -0.406. The standard InChI is InChI=1S/C11H9FN2OS/c12-9-2-1-3-10(8(9)7-15)16-11-6-13-4-5-14-11/h1-6,15H,7H2. The van der Waals surface area contributed by atoms with E-state index >= 15 is 0 Å². The number of halogens is 1. The summed E-state index contributed by atoms with van der Waals surface area (Å²) < 4.78 is 13.3. The molecule has 0 bridgehead atoms. The SMILES string of the molecule is OCc1c(F)cccc1Sc1cnccn1. The summed E-state index contributed by atoms with van der Waals surface area (Å²) in [5.41, 5.74) is 0.290. The van der Waals surface area contributed by atoms with Crippen LogP contribution in [0.2, 0.25) is 0 Å². The summed E-state index contributed by atoms with van der Waals surface area (Å²) in [4.78, 5) is 8.65. The Balaban J connectivity index is 2.31. The topological polar surface area (TPSA) is 46.0 Å². The molecule has 1 heterocycles. The van der Waals surface area contributed by atoms with Crippen LogP contribution in [-0.2, 0) is 6.61 Å². The average molecular weight is 236 g/mol. The minimum absolute atomic E-state index is 0.290. The summed E-state index contributed by atoms with van der Waals surface area (Å²) in [6.07, 6.45) is 4.74. The van der Waals surface area contributed by atoms with Crippen molar-refractivity contribution in [2.75, 3.05) is 0 Å². The van der Waals surface area contributed by atoms with Crippen LogP contribution in [-0.4, -0.2) is 15.1 Å². The first-order chi connectivity index (χ1) is 7.81. The van der Waals surface area contributed by atoms with Crippen LogP contribution >= 0.6 is 11.8 Å². The zero-order valence-electron chi connectivity index (χ0n) is 8.30. The van der Waals surface area contributed by atoms with Crippen LogP contribution in [0.4, 0.5) is 4.39 Å². The number of aliphatic hydroxyl groups excluding tert-OH is 1. The summed E-state index contributed by atoms with van der Waals surface area (Å²) in [5, 5.41) is 9.76. The fourth-order valence-electron chi connectivity index (χ4n) is 1.24.